The molecule has 0 N–H and O–H groups in total. The third-order valence-electron chi connectivity index (χ3n) is 7.55. The summed E-state index contributed by atoms with van der Waals surface area (Å²) >= 11 is 1.10. The first kappa shape index (κ1) is 39.7. The highest BCUT2D eigenvalue weighted by molar-refractivity contribution is 8.14. The van der Waals surface area contributed by atoms with Crippen LogP contribution in [-0.4, -0.2) is 59.6 Å². The smallest absolute Gasteiger partial charge is 0.343 e. The first-order valence-electron chi connectivity index (χ1n) is 17.2. The topological polar surface area (TPSA) is 153 Å². The number of thioether (sulfide) groups is 1. The van der Waals surface area contributed by atoms with Crippen molar-refractivity contribution in [3.05, 3.63) is 132 Å². The Morgan fingerprint density at radius 2 is 1.05 bits per heavy atom. The van der Waals surface area contributed by atoms with Gasteiger partial charge in [-0.3, -0.25) is 4.79 Å². The van der Waals surface area contributed by atoms with Gasteiger partial charge in [-0.1, -0.05) is 13.2 Å². The number of nitrogens with zero attached hydrogens (tertiary/aromatic N) is 2. The molecule has 1 heterocycles. The van der Waals surface area contributed by atoms with Crippen molar-refractivity contribution in [3.63, 3.8) is 0 Å². The van der Waals surface area contributed by atoms with E-state index in [0.717, 1.165) is 23.1 Å². The third-order valence-corrected chi connectivity index (χ3v) is 8.48. The molecule has 12 nitrogen and oxygen atoms in total. The Kier molecular flexibility index (Phi) is 14.1. The Labute approximate surface area is 322 Å². The lowest BCUT2D eigenvalue weighted by Gasteiger charge is -2.08. The van der Waals surface area contributed by atoms with Crippen molar-refractivity contribution in [1.82, 2.24) is 10.2 Å². The first-order chi connectivity index (χ1) is 26.5. The molecule has 0 bridgehead atoms. The van der Waals surface area contributed by atoms with Gasteiger partial charge in [0.1, 0.15) is 30.5 Å². The average molecular weight is 763 g/mol. The Balaban J connectivity index is 1.06. The van der Waals surface area contributed by atoms with Gasteiger partial charge >= 0.3 is 17.9 Å². The van der Waals surface area contributed by atoms with Crippen molar-refractivity contribution in [2.75, 3.05) is 26.4 Å². The quantitative estimate of drug-likeness (QED) is 0.0277. The van der Waals surface area contributed by atoms with Crippen LogP contribution in [0.2, 0.25) is 0 Å². The molecule has 5 aromatic rings. The fraction of sp³-hybridized carbons (Fsp3) is 0.190. The Morgan fingerprint density at radius 3 is 1.64 bits per heavy atom. The summed E-state index contributed by atoms with van der Waals surface area (Å²) in [6.07, 6.45) is 1.41. The van der Waals surface area contributed by atoms with Gasteiger partial charge in [-0.05, 0) is 136 Å². The minimum atomic E-state index is -0.553. The van der Waals surface area contributed by atoms with Crippen LogP contribution >= 0.6 is 11.8 Å². The van der Waals surface area contributed by atoms with Crippen LogP contribution in [0.4, 0.5) is 0 Å². The third kappa shape index (κ3) is 12.0. The van der Waals surface area contributed by atoms with E-state index >= 15 is 0 Å². The van der Waals surface area contributed by atoms with E-state index in [1.54, 1.807) is 86.6 Å². The second kappa shape index (κ2) is 19.6. The zero-order valence-electron chi connectivity index (χ0n) is 30.3. The van der Waals surface area contributed by atoms with Crippen LogP contribution < -0.4 is 14.2 Å². The van der Waals surface area contributed by atoms with E-state index in [1.807, 2.05) is 24.3 Å². The summed E-state index contributed by atoms with van der Waals surface area (Å²) in [6.45, 7) is 11.3. The molecule has 0 aliphatic rings. The molecule has 55 heavy (non-hydrogen) atoms. The molecule has 282 valence electrons. The van der Waals surface area contributed by atoms with Crippen molar-refractivity contribution < 1.29 is 47.3 Å². The maximum atomic E-state index is 13.0. The maximum absolute atomic E-state index is 13.0. The van der Waals surface area contributed by atoms with E-state index in [0.29, 0.717) is 70.3 Å². The maximum Gasteiger partial charge on any atom is 0.343 e. The van der Waals surface area contributed by atoms with Gasteiger partial charge in [0.05, 0.1) is 18.8 Å². The molecule has 13 heteroatoms. The molecule has 0 saturated carbocycles. The molecule has 4 aromatic carbocycles. The van der Waals surface area contributed by atoms with Gasteiger partial charge in [-0.15, -0.1) is 10.2 Å². The number of aromatic nitrogens is 2. The van der Waals surface area contributed by atoms with E-state index in [-0.39, 0.29) is 30.1 Å². The standard InChI is InChI=1S/C42H38N2O10S/c1-27(2)39(45)51-24-6-5-23-49-34-19-21-36(22-20-34)55-42(48)32-9-7-29(8-10-32)37-43-44-38(54-37)30-11-17-35(18-12-30)53-41(47)31-13-15-33(16-14-31)50-25-26-52-40(46)28(3)4/h7-22H,1,3,5-6,23-26H2,2,4H3. The summed E-state index contributed by atoms with van der Waals surface area (Å²) in [5.74, 6) is 0.630. The van der Waals surface area contributed by atoms with Crippen molar-refractivity contribution in [1.29, 1.82) is 0 Å². The lowest BCUT2D eigenvalue weighted by atomic mass is 10.1. The molecular formula is C42H38N2O10S. The highest BCUT2D eigenvalue weighted by Gasteiger charge is 2.15. The van der Waals surface area contributed by atoms with Crippen molar-refractivity contribution in [2.24, 2.45) is 0 Å². The Bertz CT molecular complexity index is 2130. The minimum absolute atomic E-state index is 0.0730. The van der Waals surface area contributed by atoms with Gasteiger partial charge < -0.3 is 28.1 Å². The predicted octanol–water partition coefficient (Wildman–Crippen LogP) is 8.33. The lowest BCUT2D eigenvalue weighted by molar-refractivity contribution is -0.140. The summed E-state index contributed by atoms with van der Waals surface area (Å²) < 4.78 is 32.7. The zero-order chi connectivity index (χ0) is 39.2. The van der Waals surface area contributed by atoms with Gasteiger partial charge in [0.15, 0.2) is 0 Å². The number of ether oxygens (including phenoxy) is 5. The Hall–Kier alpha value is -6.47. The van der Waals surface area contributed by atoms with Gasteiger partial charge in [-0.25, -0.2) is 14.4 Å². The van der Waals surface area contributed by atoms with Crippen molar-refractivity contribution >= 4 is 34.8 Å². The van der Waals surface area contributed by atoms with Crippen LogP contribution in [0.25, 0.3) is 22.9 Å². The largest absolute Gasteiger partial charge is 0.494 e. The number of benzene rings is 4. The van der Waals surface area contributed by atoms with E-state index in [2.05, 4.69) is 23.4 Å². The summed E-state index contributed by atoms with van der Waals surface area (Å²) in [5.41, 5.74) is 2.78. The molecule has 0 aliphatic carbocycles. The van der Waals surface area contributed by atoms with Crippen LogP contribution in [0.15, 0.2) is 131 Å². The molecule has 1 aromatic heterocycles. The lowest BCUT2D eigenvalue weighted by Crippen LogP contribution is -2.12. The van der Waals surface area contributed by atoms with E-state index in [1.165, 1.54) is 0 Å². The van der Waals surface area contributed by atoms with E-state index in [9.17, 15) is 19.2 Å². The minimum Gasteiger partial charge on any atom is -0.494 e. The van der Waals surface area contributed by atoms with Crippen molar-refractivity contribution in [3.8, 4) is 40.2 Å². The van der Waals surface area contributed by atoms with Crippen LogP contribution in [0, 0.1) is 0 Å². The van der Waals surface area contributed by atoms with Crippen LogP contribution in [0.1, 0.15) is 47.4 Å². The highest BCUT2D eigenvalue weighted by Crippen LogP contribution is 2.29. The molecule has 0 saturated heterocycles. The number of carbonyl (C=O) groups is 4. The molecule has 0 fully saturated rings. The summed E-state index contributed by atoms with van der Waals surface area (Å²) in [6, 6.07) is 27.2. The van der Waals surface area contributed by atoms with Gasteiger partial charge in [0.2, 0.25) is 16.9 Å². The highest BCUT2D eigenvalue weighted by atomic mass is 32.2. The molecule has 0 amide bonds. The fourth-order valence-electron chi connectivity index (χ4n) is 4.59. The second-order valence-electron chi connectivity index (χ2n) is 12.0. The number of carbonyl (C=O) groups excluding carboxylic acids is 4. The second-order valence-corrected chi connectivity index (χ2v) is 13.1. The summed E-state index contributed by atoms with van der Waals surface area (Å²) in [5, 5.41) is 8.18. The van der Waals surface area contributed by atoms with Gasteiger partial charge in [0.25, 0.3) is 0 Å². The average Bonchev–Trinajstić information content (AvgIpc) is 3.69. The van der Waals surface area contributed by atoms with Crippen LogP contribution in [-0.2, 0) is 19.1 Å². The normalized spacial score (nSPS) is 10.6. The monoisotopic (exact) mass is 762 g/mol. The summed E-state index contributed by atoms with van der Waals surface area (Å²) in [7, 11) is 0. The molecule has 0 unspecified atom stereocenters. The predicted molar refractivity (Wildman–Crippen MR) is 205 cm³/mol. The first-order valence-corrected chi connectivity index (χ1v) is 18.0. The van der Waals surface area contributed by atoms with Crippen LogP contribution in [0.3, 0.4) is 0 Å². The van der Waals surface area contributed by atoms with Crippen molar-refractivity contribution in [2.45, 2.75) is 31.6 Å². The fourth-order valence-corrected chi connectivity index (χ4v) is 5.33. The van der Waals surface area contributed by atoms with Gasteiger partial charge in [0, 0.05) is 32.7 Å². The SMILES string of the molecule is C=C(C)C(=O)OCCCCOc1ccc(SC(=O)c2ccc(-c3nnc(-c4ccc(OC(=O)c5ccc(OCCOC(=O)C(=C)C)cc5)cc4)o3)cc2)cc1. The molecule has 0 radical (unpaired) electrons. The zero-order valence-corrected chi connectivity index (χ0v) is 31.1. The number of esters is 3. The molecule has 5 rings (SSSR count). The number of hydrogen-bond acceptors (Lipinski definition) is 13. The van der Waals surface area contributed by atoms with Crippen LogP contribution in [0.5, 0.6) is 17.2 Å². The molecular weight excluding hydrogens is 725 g/mol. The number of rotatable bonds is 18. The molecule has 0 aliphatic heterocycles. The van der Waals surface area contributed by atoms with E-state index < -0.39 is 17.9 Å². The van der Waals surface area contributed by atoms with Gasteiger partial charge in [-0.2, -0.15) is 0 Å². The Morgan fingerprint density at radius 1 is 0.582 bits per heavy atom. The molecule has 0 atom stereocenters. The molecule has 0 spiro atoms. The van der Waals surface area contributed by atoms with E-state index in [4.69, 9.17) is 28.1 Å². The number of hydrogen-bond donors (Lipinski definition) is 0. The number of unbranched alkanes of at least 4 members (excludes halogenated alkanes) is 1. The summed E-state index contributed by atoms with van der Waals surface area (Å²) in [4.78, 5) is 49.2.